The van der Waals surface area contributed by atoms with E-state index < -0.39 is 6.09 Å². The normalized spacial score (nSPS) is 16.1. The summed E-state index contributed by atoms with van der Waals surface area (Å²) >= 11 is 0. The van der Waals surface area contributed by atoms with Gasteiger partial charge in [-0.25, -0.2) is 10.1 Å². The summed E-state index contributed by atoms with van der Waals surface area (Å²) in [5.41, 5.74) is 0.969. The molecular weight excluding hydrogens is 232 g/mol. The molecule has 1 aromatic rings. The van der Waals surface area contributed by atoms with E-state index in [2.05, 4.69) is 5.32 Å². The Morgan fingerprint density at radius 1 is 1.22 bits per heavy atom. The number of hydrogen-bond acceptors (Lipinski definition) is 3. The minimum absolute atomic E-state index is 0.269. The summed E-state index contributed by atoms with van der Waals surface area (Å²) < 4.78 is 0. The average Bonchev–Trinajstić information content (AvgIpc) is 2.69. The van der Waals surface area contributed by atoms with Crippen molar-refractivity contribution >= 4 is 6.09 Å². The number of amides is 1. The van der Waals surface area contributed by atoms with Crippen LogP contribution in [-0.2, 0) is 16.4 Å². The van der Waals surface area contributed by atoms with E-state index in [1.165, 1.54) is 0 Å². The Morgan fingerprint density at radius 2 is 2.06 bits per heavy atom. The third-order valence-electron chi connectivity index (χ3n) is 2.73. The first-order chi connectivity index (χ1) is 8.86. The van der Waals surface area contributed by atoms with Crippen molar-refractivity contribution in [3.8, 4) is 0 Å². The van der Waals surface area contributed by atoms with Crippen LogP contribution in [0.1, 0.15) is 12.0 Å². The Morgan fingerprint density at radius 3 is 2.89 bits per heavy atom. The molecule has 0 aromatic heterocycles. The minimum atomic E-state index is -0.428. The van der Waals surface area contributed by atoms with E-state index in [-0.39, 0.29) is 6.61 Å². The standard InChI is InChI=1S/C13H17N2O3/c16-13(15-9-4-7-14-8-10-15)18-17-11-12-5-2-1-3-6-12/h1-3,5-6H,4,7-11H2. The maximum atomic E-state index is 11.7. The fourth-order valence-corrected chi connectivity index (χ4v) is 1.75. The van der Waals surface area contributed by atoms with Gasteiger partial charge in [0.1, 0.15) is 6.61 Å². The summed E-state index contributed by atoms with van der Waals surface area (Å²) in [6.45, 7) is 3.04. The van der Waals surface area contributed by atoms with E-state index in [0.717, 1.165) is 18.5 Å². The van der Waals surface area contributed by atoms with Crippen LogP contribution in [0.25, 0.3) is 0 Å². The van der Waals surface area contributed by atoms with Crippen molar-refractivity contribution in [2.45, 2.75) is 13.0 Å². The van der Waals surface area contributed by atoms with Crippen LogP contribution >= 0.6 is 0 Å². The lowest BCUT2D eigenvalue weighted by atomic mass is 10.2. The molecule has 2 rings (SSSR count). The molecule has 1 aliphatic rings. The largest absolute Gasteiger partial charge is 0.441 e. The molecular formula is C13H17N2O3. The first-order valence-corrected chi connectivity index (χ1v) is 6.12. The molecule has 0 N–H and O–H groups in total. The Labute approximate surface area is 107 Å². The van der Waals surface area contributed by atoms with Crippen molar-refractivity contribution in [1.29, 1.82) is 0 Å². The number of nitrogens with zero attached hydrogens (tertiary/aromatic N) is 2. The SMILES string of the molecule is O=C(OOCc1ccccc1)N1CCC[N]CC1. The second-order valence-electron chi connectivity index (χ2n) is 4.11. The molecule has 0 spiro atoms. The molecule has 18 heavy (non-hydrogen) atoms. The number of carbonyl (C=O) groups excluding carboxylic acids is 1. The van der Waals surface area contributed by atoms with E-state index in [4.69, 9.17) is 9.78 Å². The van der Waals surface area contributed by atoms with Crippen molar-refractivity contribution < 1.29 is 14.6 Å². The van der Waals surface area contributed by atoms with Gasteiger partial charge in [-0.05, 0) is 12.0 Å². The lowest BCUT2D eigenvalue weighted by Crippen LogP contribution is -2.34. The fraction of sp³-hybridized carbons (Fsp3) is 0.462. The van der Waals surface area contributed by atoms with Crippen LogP contribution in [0.3, 0.4) is 0 Å². The molecule has 1 saturated heterocycles. The van der Waals surface area contributed by atoms with E-state index in [9.17, 15) is 4.79 Å². The second kappa shape index (κ2) is 6.98. The fourth-order valence-electron chi connectivity index (χ4n) is 1.75. The summed E-state index contributed by atoms with van der Waals surface area (Å²) in [6, 6.07) is 9.58. The van der Waals surface area contributed by atoms with E-state index in [0.29, 0.717) is 19.6 Å². The average molecular weight is 249 g/mol. The van der Waals surface area contributed by atoms with Crippen LogP contribution in [-0.4, -0.2) is 37.2 Å². The quantitative estimate of drug-likeness (QED) is 0.603. The van der Waals surface area contributed by atoms with Gasteiger partial charge in [0.05, 0.1) is 0 Å². The molecule has 1 aliphatic heterocycles. The van der Waals surface area contributed by atoms with Gasteiger partial charge in [0.25, 0.3) is 0 Å². The van der Waals surface area contributed by atoms with Crippen LogP contribution in [0.15, 0.2) is 30.3 Å². The zero-order valence-electron chi connectivity index (χ0n) is 10.2. The first kappa shape index (κ1) is 12.9. The van der Waals surface area contributed by atoms with Gasteiger partial charge in [-0.2, -0.15) is 4.89 Å². The predicted octanol–water partition coefficient (Wildman–Crippen LogP) is 1.56. The first-order valence-electron chi connectivity index (χ1n) is 6.12. The van der Waals surface area contributed by atoms with Gasteiger partial charge in [0.15, 0.2) is 0 Å². The molecule has 0 saturated carbocycles. The Bertz CT molecular complexity index is 362. The molecule has 5 nitrogen and oxygen atoms in total. The zero-order valence-corrected chi connectivity index (χ0v) is 10.2. The topological polar surface area (TPSA) is 52.9 Å². The molecule has 1 heterocycles. The highest BCUT2D eigenvalue weighted by atomic mass is 17.2. The van der Waals surface area contributed by atoms with Crippen LogP contribution in [0.5, 0.6) is 0 Å². The minimum Gasteiger partial charge on any atom is -0.305 e. The third-order valence-corrected chi connectivity index (χ3v) is 2.73. The zero-order chi connectivity index (χ0) is 12.6. The van der Waals surface area contributed by atoms with Crippen molar-refractivity contribution in [3.63, 3.8) is 0 Å². The second-order valence-corrected chi connectivity index (χ2v) is 4.11. The smallest absolute Gasteiger partial charge is 0.305 e. The molecule has 5 heteroatoms. The maximum absolute atomic E-state index is 11.7. The van der Waals surface area contributed by atoms with Crippen molar-refractivity contribution in [3.05, 3.63) is 35.9 Å². The Kier molecular flexibility index (Phi) is 4.99. The summed E-state index contributed by atoms with van der Waals surface area (Å²) in [4.78, 5) is 23.0. The van der Waals surface area contributed by atoms with Crippen molar-refractivity contribution in [2.75, 3.05) is 26.2 Å². The number of hydrogen-bond donors (Lipinski definition) is 0. The van der Waals surface area contributed by atoms with Crippen LogP contribution in [0, 0.1) is 0 Å². The molecule has 1 aromatic carbocycles. The van der Waals surface area contributed by atoms with E-state index in [1.807, 2.05) is 30.3 Å². The van der Waals surface area contributed by atoms with E-state index in [1.54, 1.807) is 4.90 Å². The molecule has 1 amide bonds. The summed E-state index contributed by atoms with van der Waals surface area (Å²) in [6.07, 6.45) is 0.455. The van der Waals surface area contributed by atoms with Crippen LogP contribution < -0.4 is 5.32 Å². The summed E-state index contributed by atoms with van der Waals surface area (Å²) in [5, 5.41) is 4.24. The van der Waals surface area contributed by atoms with Gasteiger partial charge in [0.2, 0.25) is 0 Å². The lowest BCUT2D eigenvalue weighted by Gasteiger charge is -2.17. The lowest BCUT2D eigenvalue weighted by molar-refractivity contribution is -0.255. The van der Waals surface area contributed by atoms with Gasteiger partial charge in [0, 0.05) is 26.2 Å². The number of carbonyl (C=O) groups is 1. The number of rotatable bonds is 3. The molecule has 1 radical (unpaired) electrons. The molecule has 0 atom stereocenters. The Hall–Kier alpha value is -1.59. The Balaban J connectivity index is 1.71. The van der Waals surface area contributed by atoms with Gasteiger partial charge in [-0.1, -0.05) is 30.3 Å². The maximum Gasteiger partial charge on any atom is 0.441 e. The predicted molar refractivity (Wildman–Crippen MR) is 65.8 cm³/mol. The molecule has 0 bridgehead atoms. The van der Waals surface area contributed by atoms with Crippen molar-refractivity contribution in [2.24, 2.45) is 0 Å². The molecule has 1 fully saturated rings. The highest BCUT2D eigenvalue weighted by molar-refractivity contribution is 5.66. The highest BCUT2D eigenvalue weighted by Crippen LogP contribution is 2.04. The molecule has 0 unspecified atom stereocenters. The molecule has 0 aliphatic carbocycles. The highest BCUT2D eigenvalue weighted by Gasteiger charge is 2.17. The van der Waals surface area contributed by atoms with Crippen LogP contribution in [0.4, 0.5) is 4.79 Å². The summed E-state index contributed by atoms with van der Waals surface area (Å²) in [7, 11) is 0. The van der Waals surface area contributed by atoms with Gasteiger partial charge in [-0.15, -0.1) is 0 Å². The third kappa shape index (κ3) is 4.01. The van der Waals surface area contributed by atoms with Crippen LogP contribution in [0.2, 0.25) is 0 Å². The van der Waals surface area contributed by atoms with Gasteiger partial charge < -0.3 is 4.90 Å². The summed E-state index contributed by atoms with van der Waals surface area (Å²) in [5.74, 6) is 0. The number of benzene rings is 1. The van der Waals surface area contributed by atoms with Gasteiger partial charge in [-0.3, -0.25) is 4.89 Å². The van der Waals surface area contributed by atoms with Gasteiger partial charge >= 0.3 is 6.09 Å². The monoisotopic (exact) mass is 249 g/mol. The van der Waals surface area contributed by atoms with E-state index >= 15 is 0 Å². The van der Waals surface area contributed by atoms with Crippen molar-refractivity contribution in [1.82, 2.24) is 10.2 Å². The molecule has 97 valence electrons.